The first-order chi connectivity index (χ1) is 10.1. The van der Waals surface area contributed by atoms with Crippen LogP contribution in [0.4, 0.5) is 11.4 Å². The predicted molar refractivity (Wildman–Crippen MR) is 86.8 cm³/mol. The Hall–Kier alpha value is -1.85. The summed E-state index contributed by atoms with van der Waals surface area (Å²) in [5.74, 6) is 0.0179. The number of nitrogens with one attached hydrogen (secondary N) is 1. The largest absolute Gasteiger partial charge is 0.397 e. The minimum Gasteiger partial charge on any atom is -0.397 e. The van der Waals surface area contributed by atoms with Crippen LogP contribution in [0.3, 0.4) is 0 Å². The van der Waals surface area contributed by atoms with Gasteiger partial charge in [-0.3, -0.25) is 9.00 Å². The van der Waals surface area contributed by atoms with E-state index in [0.717, 1.165) is 0 Å². The highest BCUT2D eigenvalue weighted by Gasteiger charge is 2.09. The van der Waals surface area contributed by atoms with Crippen LogP contribution in [0.2, 0.25) is 5.02 Å². The van der Waals surface area contributed by atoms with Gasteiger partial charge in [0.15, 0.2) is 0 Å². The van der Waals surface area contributed by atoms with Crippen molar-refractivity contribution in [3.63, 3.8) is 0 Å². The molecule has 0 aliphatic heterocycles. The molecular weight excluding hydrogens is 308 g/mol. The lowest BCUT2D eigenvalue weighted by Crippen LogP contribution is -2.15. The molecule has 2 rings (SSSR count). The van der Waals surface area contributed by atoms with Gasteiger partial charge in [-0.25, -0.2) is 0 Å². The van der Waals surface area contributed by atoms with Crippen molar-refractivity contribution in [2.24, 2.45) is 0 Å². The standard InChI is InChI=1S/C15H15ClN2O2S/c16-11-6-7-13(17)14(10-11)18-15(19)8-9-21(20)12-4-2-1-3-5-12/h1-7,10H,8-9,17H2,(H,18,19). The smallest absolute Gasteiger partial charge is 0.225 e. The molecule has 0 saturated carbocycles. The summed E-state index contributed by atoms with van der Waals surface area (Å²) < 4.78 is 12.0. The average Bonchev–Trinajstić information content (AvgIpc) is 2.49. The quantitative estimate of drug-likeness (QED) is 0.831. The first-order valence-electron chi connectivity index (χ1n) is 6.34. The molecule has 0 aliphatic rings. The fraction of sp³-hybridized carbons (Fsp3) is 0.133. The van der Waals surface area contributed by atoms with E-state index in [2.05, 4.69) is 5.32 Å². The van der Waals surface area contributed by atoms with Crippen molar-refractivity contribution in [2.75, 3.05) is 16.8 Å². The highest BCUT2D eigenvalue weighted by Crippen LogP contribution is 2.23. The molecule has 0 saturated heterocycles. The summed E-state index contributed by atoms with van der Waals surface area (Å²) in [4.78, 5) is 12.6. The second kappa shape index (κ2) is 7.24. The molecule has 2 aromatic rings. The lowest BCUT2D eigenvalue weighted by Gasteiger charge is -2.08. The topological polar surface area (TPSA) is 72.2 Å². The van der Waals surface area contributed by atoms with E-state index >= 15 is 0 Å². The summed E-state index contributed by atoms with van der Waals surface area (Å²) in [5, 5.41) is 3.17. The fourth-order valence-electron chi connectivity index (χ4n) is 1.72. The van der Waals surface area contributed by atoms with Crippen LogP contribution in [0.5, 0.6) is 0 Å². The molecule has 0 aromatic heterocycles. The molecule has 0 fully saturated rings. The number of carbonyl (C=O) groups excluding carboxylic acids is 1. The van der Waals surface area contributed by atoms with Crippen molar-refractivity contribution in [3.8, 4) is 0 Å². The fourth-order valence-corrected chi connectivity index (χ4v) is 2.96. The summed E-state index contributed by atoms with van der Waals surface area (Å²) in [6.07, 6.45) is 0.146. The van der Waals surface area contributed by atoms with Crippen molar-refractivity contribution in [3.05, 3.63) is 53.6 Å². The molecule has 21 heavy (non-hydrogen) atoms. The molecule has 1 unspecified atom stereocenters. The Labute approximate surface area is 130 Å². The number of anilines is 2. The summed E-state index contributed by atoms with van der Waals surface area (Å²) in [5.41, 5.74) is 6.66. The molecule has 1 atom stereocenters. The first kappa shape index (κ1) is 15.5. The average molecular weight is 323 g/mol. The van der Waals surface area contributed by atoms with E-state index in [9.17, 15) is 9.00 Å². The zero-order valence-corrected chi connectivity index (χ0v) is 12.8. The van der Waals surface area contributed by atoms with E-state index in [0.29, 0.717) is 21.3 Å². The molecule has 110 valence electrons. The molecule has 0 spiro atoms. The van der Waals surface area contributed by atoms with Gasteiger partial charge in [0, 0.05) is 22.1 Å². The number of hydrogen-bond donors (Lipinski definition) is 2. The Morgan fingerprint density at radius 1 is 1.19 bits per heavy atom. The predicted octanol–water partition coefficient (Wildman–Crippen LogP) is 3.06. The van der Waals surface area contributed by atoms with Gasteiger partial charge in [0.25, 0.3) is 0 Å². The highest BCUT2D eigenvalue weighted by molar-refractivity contribution is 7.85. The minimum absolute atomic E-state index is 0.146. The molecule has 0 heterocycles. The van der Waals surface area contributed by atoms with E-state index in [1.165, 1.54) is 0 Å². The van der Waals surface area contributed by atoms with Gasteiger partial charge in [-0.2, -0.15) is 0 Å². The van der Waals surface area contributed by atoms with Crippen molar-refractivity contribution < 1.29 is 9.00 Å². The number of nitrogens with two attached hydrogens (primary N) is 1. The van der Waals surface area contributed by atoms with Crippen molar-refractivity contribution in [1.29, 1.82) is 0 Å². The number of benzene rings is 2. The van der Waals surface area contributed by atoms with Gasteiger partial charge in [0.2, 0.25) is 5.91 Å². The molecular formula is C15H15ClN2O2S. The van der Waals surface area contributed by atoms with E-state index in [1.807, 2.05) is 18.2 Å². The molecule has 0 radical (unpaired) electrons. The summed E-state index contributed by atoms with van der Waals surface area (Å²) >= 11 is 5.85. The van der Waals surface area contributed by atoms with Gasteiger partial charge >= 0.3 is 0 Å². The van der Waals surface area contributed by atoms with Crippen LogP contribution < -0.4 is 11.1 Å². The van der Waals surface area contributed by atoms with Crippen LogP contribution in [0.25, 0.3) is 0 Å². The molecule has 6 heteroatoms. The maximum atomic E-state index is 12.0. The molecule has 2 aromatic carbocycles. The number of nitrogen functional groups attached to an aromatic ring is 1. The number of amides is 1. The SMILES string of the molecule is Nc1ccc(Cl)cc1NC(=O)CCS(=O)c1ccccc1. The van der Waals surface area contributed by atoms with E-state index < -0.39 is 10.8 Å². The monoisotopic (exact) mass is 322 g/mol. The molecule has 0 aliphatic carbocycles. The Morgan fingerprint density at radius 3 is 2.62 bits per heavy atom. The normalized spacial score (nSPS) is 11.9. The zero-order chi connectivity index (χ0) is 15.2. The Balaban J connectivity index is 1.91. The van der Waals surface area contributed by atoms with E-state index in [4.69, 9.17) is 17.3 Å². The maximum absolute atomic E-state index is 12.0. The highest BCUT2D eigenvalue weighted by atomic mass is 35.5. The zero-order valence-electron chi connectivity index (χ0n) is 11.2. The van der Waals surface area contributed by atoms with Crippen LogP contribution in [-0.2, 0) is 15.6 Å². The molecule has 4 nitrogen and oxygen atoms in total. The van der Waals surface area contributed by atoms with Gasteiger partial charge < -0.3 is 11.1 Å². The third kappa shape index (κ3) is 4.58. The Bertz CT molecular complexity index is 662. The summed E-state index contributed by atoms with van der Waals surface area (Å²) in [6, 6.07) is 13.9. The summed E-state index contributed by atoms with van der Waals surface area (Å²) in [7, 11) is -1.19. The second-order valence-corrected chi connectivity index (χ2v) is 6.40. The third-order valence-corrected chi connectivity index (χ3v) is 4.42. The lowest BCUT2D eigenvalue weighted by atomic mass is 10.2. The third-order valence-electron chi connectivity index (χ3n) is 2.81. The van der Waals surface area contributed by atoms with Crippen LogP contribution in [-0.4, -0.2) is 15.9 Å². The molecule has 3 N–H and O–H groups in total. The number of carbonyl (C=O) groups is 1. The van der Waals surface area contributed by atoms with E-state index in [1.54, 1.807) is 30.3 Å². The van der Waals surface area contributed by atoms with Gasteiger partial charge in [-0.15, -0.1) is 0 Å². The van der Waals surface area contributed by atoms with Crippen molar-refractivity contribution >= 4 is 39.7 Å². The second-order valence-electron chi connectivity index (χ2n) is 4.39. The van der Waals surface area contributed by atoms with Crippen LogP contribution in [0, 0.1) is 0 Å². The Morgan fingerprint density at radius 2 is 1.90 bits per heavy atom. The Kier molecular flexibility index (Phi) is 5.36. The minimum atomic E-state index is -1.19. The van der Waals surface area contributed by atoms with E-state index in [-0.39, 0.29) is 18.1 Å². The lowest BCUT2D eigenvalue weighted by molar-refractivity contribution is -0.115. The number of hydrogen-bond acceptors (Lipinski definition) is 3. The van der Waals surface area contributed by atoms with Crippen LogP contribution in [0.1, 0.15) is 6.42 Å². The van der Waals surface area contributed by atoms with Gasteiger partial charge in [0.1, 0.15) is 0 Å². The van der Waals surface area contributed by atoms with Crippen LogP contribution >= 0.6 is 11.6 Å². The summed E-state index contributed by atoms with van der Waals surface area (Å²) in [6.45, 7) is 0. The first-order valence-corrected chi connectivity index (χ1v) is 8.04. The van der Waals surface area contributed by atoms with Gasteiger partial charge in [-0.1, -0.05) is 29.8 Å². The van der Waals surface area contributed by atoms with Gasteiger partial charge in [0.05, 0.1) is 22.2 Å². The number of halogens is 1. The molecule has 0 bridgehead atoms. The van der Waals surface area contributed by atoms with Gasteiger partial charge in [-0.05, 0) is 30.3 Å². The van der Waals surface area contributed by atoms with Crippen LogP contribution in [0.15, 0.2) is 53.4 Å². The van der Waals surface area contributed by atoms with Crippen molar-refractivity contribution in [1.82, 2.24) is 0 Å². The van der Waals surface area contributed by atoms with Crippen molar-refractivity contribution in [2.45, 2.75) is 11.3 Å². The number of rotatable bonds is 5. The molecule has 1 amide bonds. The maximum Gasteiger partial charge on any atom is 0.225 e.